The maximum absolute atomic E-state index is 12.6. The van der Waals surface area contributed by atoms with Crippen LogP contribution in [-0.4, -0.2) is 24.1 Å². The molecule has 1 amide bonds. The Morgan fingerprint density at radius 3 is 2.84 bits per heavy atom. The third-order valence-electron chi connectivity index (χ3n) is 5.03. The van der Waals surface area contributed by atoms with Crippen molar-refractivity contribution in [1.29, 1.82) is 0 Å². The number of thiazole rings is 1. The van der Waals surface area contributed by atoms with Crippen molar-refractivity contribution in [2.45, 2.75) is 32.9 Å². The molecule has 1 unspecified atom stereocenters. The summed E-state index contributed by atoms with van der Waals surface area (Å²) in [4.78, 5) is 17.0. The Labute approximate surface area is 191 Å². The van der Waals surface area contributed by atoms with E-state index >= 15 is 0 Å². The summed E-state index contributed by atoms with van der Waals surface area (Å²) in [5.74, 6) is 2.05. The minimum Gasteiger partial charge on any atom is -0.487 e. The summed E-state index contributed by atoms with van der Waals surface area (Å²) in [6, 6.07) is 13.3. The number of hydrogen-bond acceptors (Lipinski definition) is 6. The number of hydrogen-bond donors (Lipinski definition) is 1. The topological polar surface area (TPSA) is 69.7 Å². The molecule has 0 radical (unpaired) electrons. The number of benzene rings is 2. The Morgan fingerprint density at radius 2 is 2.06 bits per heavy atom. The highest BCUT2D eigenvalue weighted by atomic mass is 32.1. The van der Waals surface area contributed by atoms with Crippen molar-refractivity contribution in [3.8, 4) is 17.2 Å². The second-order valence-electron chi connectivity index (χ2n) is 7.42. The highest BCUT2D eigenvalue weighted by molar-refractivity contribution is 7.09. The van der Waals surface area contributed by atoms with Gasteiger partial charge in [-0.15, -0.1) is 11.3 Å². The van der Waals surface area contributed by atoms with Crippen LogP contribution in [0.1, 0.15) is 41.2 Å². The largest absolute Gasteiger partial charge is 0.487 e. The molecular formula is C25H26N2O4S. The summed E-state index contributed by atoms with van der Waals surface area (Å²) in [5, 5.41) is 6.08. The molecule has 2 aromatic carbocycles. The predicted molar refractivity (Wildman–Crippen MR) is 125 cm³/mol. The van der Waals surface area contributed by atoms with Crippen LogP contribution < -0.4 is 19.5 Å². The van der Waals surface area contributed by atoms with Gasteiger partial charge in [-0.1, -0.05) is 25.1 Å². The predicted octanol–water partition coefficient (Wildman–Crippen LogP) is 5.08. The maximum atomic E-state index is 12.6. The lowest BCUT2D eigenvalue weighted by atomic mass is 10.0. The molecule has 32 heavy (non-hydrogen) atoms. The van der Waals surface area contributed by atoms with E-state index in [0.29, 0.717) is 19.8 Å². The quantitative estimate of drug-likeness (QED) is 0.485. The number of carbonyl (C=O) groups excluding carboxylic acids is 1. The van der Waals surface area contributed by atoms with Gasteiger partial charge in [0.2, 0.25) is 5.91 Å². The summed E-state index contributed by atoms with van der Waals surface area (Å²) < 4.78 is 17.1. The number of aromatic nitrogens is 1. The second kappa shape index (κ2) is 10.3. The molecule has 0 spiro atoms. The molecule has 4 rings (SSSR count). The molecule has 1 aromatic heterocycles. The van der Waals surface area contributed by atoms with Gasteiger partial charge in [0, 0.05) is 11.5 Å². The number of nitrogens with one attached hydrogen (secondary N) is 1. The average molecular weight is 451 g/mol. The van der Waals surface area contributed by atoms with Gasteiger partial charge in [0.1, 0.15) is 25.6 Å². The standard InChI is InChI=1S/C25H26N2O4S/c1-3-22(19-8-9-23-24(14-19)30-12-11-29-23)27-25(28)10-7-18-5-4-6-21(13-18)31-15-20-16-32-17(2)26-20/h4-10,13-14,16,22H,3,11-12,15H2,1-2H3,(H,27,28)/b10-7+. The Kier molecular flexibility index (Phi) is 7.07. The van der Waals surface area contributed by atoms with Gasteiger partial charge >= 0.3 is 0 Å². The zero-order valence-electron chi connectivity index (χ0n) is 18.2. The molecule has 166 valence electrons. The fourth-order valence-electron chi connectivity index (χ4n) is 3.43. The molecule has 3 aromatic rings. The molecular weight excluding hydrogens is 424 g/mol. The highest BCUT2D eigenvalue weighted by Crippen LogP contribution is 2.33. The molecule has 1 N–H and O–H groups in total. The van der Waals surface area contributed by atoms with Crippen LogP contribution in [0.15, 0.2) is 53.9 Å². The van der Waals surface area contributed by atoms with Crippen LogP contribution in [0.2, 0.25) is 0 Å². The lowest BCUT2D eigenvalue weighted by Gasteiger charge is -2.22. The Morgan fingerprint density at radius 1 is 1.22 bits per heavy atom. The van der Waals surface area contributed by atoms with Crippen molar-refractivity contribution >= 4 is 23.3 Å². The van der Waals surface area contributed by atoms with Gasteiger partial charge < -0.3 is 19.5 Å². The van der Waals surface area contributed by atoms with Crippen LogP contribution in [0.3, 0.4) is 0 Å². The average Bonchev–Trinajstić information content (AvgIpc) is 3.25. The lowest BCUT2D eigenvalue weighted by Crippen LogP contribution is -2.26. The van der Waals surface area contributed by atoms with E-state index < -0.39 is 0 Å². The van der Waals surface area contributed by atoms with E-state index in [-0.39, 0.29) is 11.9 Å². The van der Waals surface area contributed by atoms with Gasteiger partial charge in [-0.05, 0) is 54.8 Å². The Bertz CT molecular complexity index is 1110. The molecule has 1 aliphatic rings. The van der Waals surface area contributed by atoms with Crippen LogP contribution in [-0.2, 0) is 11.4 Å². The van der Waals surface area contributed by atoms with Crippen molar-refractivity contribution < 1.29 is 19.0 Å². The number of amides is 1. The lowest BCUT2D eigenvalue weighted by molar-refractivity contribution is -0.117. The zero-order valence-corrected chi connectivity index (χ0v) is 19.0. The third kappa shape index (κ3) is 5.68. The number of ether oxygens (including phenoxy) is 3. The van der Waals surface area contributed by atoms with Crippen molar-refractivity contribution in [1.82, 2.24) is 10.3 Å². The first-order valence-electron chi connectivity index (χ1n) is 10.6. The molecule has 6 nitrogen and oxygen atoms in total. The van der Waals surface area contributed by atoms with Crippen LogP contribution in [0.5, 0.6) is 17.2 Å². The normalized spacial score (nSPS) is 13.7. The van der Waals surface area contributed by atoms with Crippen molar-refractivity contribution in [3.05, 3.63) is 75.7 Å². The van der Waals surface area contributed by atoms with E-state index in [2.05, 4.69) is 10.3 Å². The molecule has 2 heterocycles. The fourth-order valence-corrected chi connectivity index (χ4v) is 4.03. The number of fused-ring (bicyclic) bond motifs is 1. The van der Waals surface area contributed by atoms with E-state index in [1.54, 1.807) is 23.5 Å². The van der Waals surface area contributed by atoms with Crippen LogP contribution in [0.4, 0.5) is 0 Å². The van der Waals surface area contributed by atoms with Crippen LogP contribution >= 0.6 is 11.3 Å². The number of aryl methyl sites for hydroxylation is 1. The Balaban J connectivity index is 1.36. The number of carbonyl (C=O) groups is 1. The summed E-state index contributed by atoms with van der Waals surface area (Å²) in [5.41, 5.74) is 2.79. The summed E-state index contributed by atoms with van der Waals surface area (Å²) >= 11 is 1.61. The number of rotatable bonds is 8. The molecule has 0 bridgehead atoms. The van der Waals surface area contributed by atoms with Gasteiger partial charge in [-0.3, -0.25) is 4.79 Å². The molecule has 1 atom stereocenters. The molecule has 0 saturated heterocycles. The van der Waals surface area contributed by atoms with E-state index in [0.717, 1.165) is 45.5 Å². The minimum atomic E-state index is -0.156. The van der Waals surface area contributed by atoms with Crippen LogP contribution in [0.25, 0.3) is 6.08 Å². The maximum Gasteiger partial charge on any atom is 0.244 e. The monoisotopic (exact) mass is 450 g/mol. The van der Waals surface area contributed by atoms with Gasteiger partial charge in [0.15, 0.2) is 11.5 Å². The van der Waals surface area contributed by atoms with Gasteiger partial charge in [-0.2, -0.15) is 0 Å². The van der Waals surface area contributed by atoms with Gasteiger partial charge in [-0.25, -0.2) is 4.98 Å². The first-order chi connectivity index (χ1) is 15.6. The molecule has 0 fully saturated rings. The summed E-state index contributed by atoms with van der Waals surface area (Å²) in [7, 11) is 0. The molecule has 0 aliphatic carbocycles. The SMILES string of the molecule is CCC(NC(=O)/C=C/c1cccc(OCc2csc(C)n2)c1)c1ccc2c(c1)OCCO2. The van der Waals surface area contributed by atoms with Crippen LogP contribution in [0, 0.1) is 6.92 Å². The second-order valence-corrected chi connectivity index (χ2v) is 8.49. The van der Waals surface area contributed by atoms with Crippen molar-refractivity contribution in [2.75, 3.05) is 13.2 Å². The van der Waals surface area contributed by atoms with Crippen molar-refractivity contribution in [3.63, 3.8) is 0 Å². The molecule has 1 aliphatic heterocycles. The Hall–Kier alpha value is -3.32. The smallest absolute Gasteiger partial charge is 0.244 e. The highest BCUT2D eigenvalue weighted by Gasteiger charge is 2.17. The van der Waals surface area contributed by atoms with Gasteiger partial charge in [0.25, 0.3) is 0 Å². The third-order valence-corrected chi connectivity index (χ3v) is 5.85. The fraction of sp³-hybridized carbons (Fsp3) is 0.280. The first-order valence-corrected chi connectivity index (χ1v) is 11.5. The number of nitrogens with zero attached hydrogens (tertiary/aromatic N) is 1. The van der Waals surface area contributed by atoms with Gasteiger partial charge in [0.05, 0.1) is 16.7 Å². The van der Waals surface area contributed by atoms with E-state index in [9.17, 15) is 4.79 Å². The summed E-state index contributed by atoms with van der Waals surface area (Å²) in [6.45, 7) is 5.53. The van der Waals surface area contributed by atoms with E-state index in [1.165, 1.54) is 0 Å². The summed E-state index contributed by atoms with van der Waals surface area (Å²) in [6.07, 6.45) is 4.09. The van der Waals surface area contributed by atoms with Crippen molar-refractivity contribution in [2.24, 2.45) is 0 Å². The minimum absolute atomic E-state index is 0.112. The van der Waals surface area contributed by atoms with E-state index in [1.807, 2.05) is 61.7 Å². The molecule has 7 heteroatoms. The first kappa shape index (κ1) is 21.9. The van der Waals surface area contributed by atoms with E-state index in [4.69, 9.17) is 14.2 Å². The zero-order chi connectivity index (χ0) is 22.3. The molecule has 0 saturated carbocycles.